The number of nitrogens with two attached hydrogens (primary N) is 1. The van der Waals surface area contributed by atoms with Crippen molar-refractivity contribution < 1.29 is 0 Å². The number of hydrogen-bond acceptors (Lipinski definition) is 5. The van der Waals surface area contributed by atoms with E-state index in [0.29, 0.717) is 16.1 Å². The number of benzene rings is 1. The van der Waals surface area contributed by atoms with E-state index in [1.807, 2.05) is 30.5 Å². The molecule has 0 radical (unpaired) electrons. The molecule has 1 heterocycles. The third-order valence-electron chi connectivity index (χ3n) is 2.17. The van der Waals surface area contributed by atoms with Crippen LogP contribution < -0.4 is 11.1 Å². The van der Waals surface area contributed by atoms with Gasteiger partial charge in [-0.2, -0.15) is 0 Å². The molecule has 0 aliphatic rings. The van der Waals surface area contributed by atoms with Crippen molar-refractivity contribution >= 4 is 45.0 Å². The minimum atomic E-state index is 0.420. The fourth-order valence-electron chi connectivity index (χ4n) is 1.28. The third kappa shape index (κ3) is 2.89. The quantitative estimate of drug-likeness (QED) is 0.852. The Bertz CT molecular complexity index is 515. The van der Waals surface area contributed by atoms with Crippen molar-refractivity contribution in [1.82, 2.24) is 9.97 Å². The Hall–Kier alpha value is -1.27. The van der Waals surface area contributed by atoms with Gasteiger partial charge in [-0.25, -0.2) is 9.97 Å². The van der Waals surface area contributed by atoms with Crippen LogP contribution in [0.3, 0.4) is 0 Å². The lowest BCUT2D eigenvalue weighted by molar-refractivity contribution is 1.16. The molecule has 6 heteroatoms. The Labute approximate surface area is 112 Å². The fourth-order valence-corrected chi connectivity index (χ4v) is 1.99. The largest absolute Gasteiger partial charge is 0.383 e. The first-order chi connectivity index (χ1) is 8.20. The number of nitrogens with one attached hydrogen (secondary N) is 1. The summed E-state index contributed by atoms with van der Waals surface area (Å²) >= 11 is 5.06. The van der Waals surface area contributed by atoms with E-state index in [0.717, 1.165) is 5.69 Å². The molecule has 0 atom stereocenters. The second-order valence-corrected chi connectivity index (χ2v) is 4.95. The first-order valence-electron chi connectivity index (χ1n) is 4.88. The molecule has 0 amide bonds. The summed E-state index contributed by atoms with van der Waals surface area (Å²) in [5.41, 5.74) is 6.64. The monoisotopic (exact) mass is 310 g/mol. The van der Waals surface area contributed by atoms with E-state index < -0.39 is 0 Å². The molecule has 1 aromatic carbocycles. The number of rotatable bonds is 3. The van der Waals surface area contributed by atoms with Gasteiger partial charge in [-0.15, -0.1) is 11.8 Å². The van der Waals surface area contributed by atoms with Crippen LogP contribution in [0.4, 0.5) is 17.3 Å². The van der Waals surface area contributed by atoms with Crippen LogP contribution in [0.2, 0.25) is 0 Å². The van der Waals surface area contributed by atoms with Crippen LogP contribution in [-0.4, -0.2) is 16.2 Å². The van der Waals surface area contributed by atoms with Crippen LogP contribution in [-0.2, 0) is 0 Å². The lowest BCUT2D eigenvalue weighted by atomic mass is 10.3. The maximum atomic E-state index is 5.68. The van der Waals surface area contributed by atoms with Gasteiger partial charge in [0.05, 0.1) is 0 Å². The van der Waals surface area contributed by atoms with E-state index in [4.69, 9.17) is 5.73 Å². The summed E-state index contributed by atoms with van der Waals surface area (Å²) in [6, 6.07) is 8.09. The molecule has 0 unspecified atom stereocenters. The molecule has 0 spiro atoms. The summed E-state index contributed by atoms with van der Waals surface area (Å²) in [5, 5.41) is 3.18. The smallest absolute Gasteiger partial charge is 0.150 e. The first-order valence-corrected chi connectivity index (χ1v) is 6.89. The van der Waals surface area contributed by atoms with Crippen LogP contribution in [0.25, 0.3) is 0 Å². The van der Waals surface area contributed by atoms with Gasteiger partial charge < -0.3 is 11.1 Å². The van der Waals surface area contributed by atoms with Crippen molar-refractivity contribution in [3.8, 4) is 0 Å². The molecule has 0 saturated heterocycles. The van der Waals surface area contributed by atoms with Crippen LogP contribution >= 0.6 is 27.7 Å². The van der Waals surface area contributed by atoms with Gasteiger partial charge in [-0.1, -0.05) is 0 Å². The second kappa shape index (κ2) is 5.37. The summed E-state index contributed by atoms with van der Waals surface area (Å²) in [7, 11) is 0. The Balaban J connectivity index is 2.22. The standard InChI is InChI=1S/C11H11BrN4S/c1-17-8-4-2-7(3-5-8)16-11-9(12)10(13)14-6-15-11/h2-6H,1H3,(H3,13,14,15,16). The second-order valence-electron chi connectivity index (χ2n) is 3.27. The molecule has 3 N–H and O–H groups in total. The molecular weight excluding hydrogens is 300 g/mol. The van der Waals surface area contributed by atoms with Crippen molar-refractivity contribution in [2.24, 2.45) is 0 Å². The van der Waals surface area contributed by atoms with Gasteiger partial charge in [-0.3, -0.25) is 0 Å². The lowest BCUT2D eigenvalue weighted by Crippen LogP contribution is -1.99. The van der Waals surface area contributed by atoms with E-state index in [9.17, 15) is 0 Å². The number of anilines is 3. The number of thioether (sulfide) groups is 1. The molecule has 0 fully saturated rings. The zero-order chi connectivity index (χ0) is 12.3. The zero-order valence-corrected chi connectivity index (χ0v) is 11.5. The van der Waals surface area contributed by atoms with Crippen molar-refractivity contribution in [2.45, 2.75) is 4.90 Å². The SMILES string of the molecule is CSc1ccc(Nc2ncnc(N)c2Br)cc1. The van der Waals surface area contributed by atoms with Crippen LogP contribution in [0.5, 0.6) is 0 Å². The molecule has 0 bridgehead atoms. The minimum Gasteiger partial charge on any atom is -0.383 e. The minimum absolute atomic E-state index is 0.420. The molecule has 0 saturated carbocycles. The number of nitrogen functional groups attached to an aromatic ring is 1. The Morgan fingerprint density at radius 3 is 2.59 bits per heavy atom. The molecule has 4 nitrogen and oxygen atoms in total. The third-order valence-corrected chi connectivity index (χ3v) is 3.69. The van der Waals surface area contributed by atoms with Crippen molar-refractivity contribution in [3.05, 3.63) is 35.1 Å². The van der Waals surface area contributed by atoms with E-state index in [1.54, 1.807) is 11.8 Å². The van der Waals surface area contributed by atoms with Crippen LogP contribution in [0, 0.1) is 0 Å². The van der Waals surface area contributed by atoms with Gasteiger partial charge in [0.1, 0.15) is 22.4 Å². The first kappa shape index (κ1) is 12.2. The van der Waals surface area contributed by atoms with Gasteiger partial charge in [0.2, 0.25) is 0 Å². The molecule has 88 valence electrons. The Morgan fingerprint density at radius 2 is 1.94 bits per heavy atom. The molecule has 2 rings (SSSR count). The highest BCUT2D eigenvalue weighted by Crippen LogP contribution is 2.27. The highest BCUT2D eigenvalue weighted by Gasteiger charge is 2.05. The molecule has 1 aromatic heterocycles. The average molecular weight is 311 g/mol. The summed E-state index contributed by atoms with van der Waals surface area (Å²) in [4.78, 5) is 9.23. The number of hydrogen-bond donors (Lipinski definition) is 2. The summed E-state index contributed by atoms with van der Waals surface area (Å²) in [6.07, 6.45) is 3.48. The topological polar surface area (TPSA) is 63.8 Å². The van der Waals surface area contributed by atoms with Crippen LogP contribution in [0.1, 0.15) is 0 Å². The van der Waals surface area contributed by atoms with Gasteiger partial charge >= 0.3 is 0 Å². The summed E-state index contributed by atoms with van der Waals surface area (Å²) in [6.45, 7) is 0. The maximum Gasteiger partial charge on any atom is 0.150 e. The van der Waals surface area contributed by atoms with Crippen molar-refractivity contribution in [2.75, 3.05) is 17.3 Å². The van der Waals surface area contributed by atoms with Gasteiger partial charge in [-0.05, 0) is 46.5 Å². The fraction of sp³-hybridized carbons (Fsp3) is 0.0909. The molecular formula is C11H11BrN4S. The molecule has 17 heavy (non-hydrogen) atoms. The van der Waals surface area contributed by atoms with E-state index in [1.165, 1.54) is 11.2 Å². The Kier molecular flexibility index (Phi) is 3.86. The predicted octanol–water partition coefficient (Wildman–Crippen LogP) is 3.29. The zero-order valence-electron chi connectivity index (χ0n) is 9.14. The summed E-state index contributed by atoms with van der Waals surface area (Å²) < 4.78 is 0.675. The van der Waals surface area contributed by atoms with E-state index >= 15 is 0 Å². The van der Waals surface area contributed by atoms with Crippen molar-refractivity contribution in [1.29, 1.82) is 0 Å². The van der Waals surface area contributed by atoms with Crippen LogP contribution in [0.15, 0.2) is 40.0 Å². The van der Waals surface area contributed by atoms with Gasteiger partial charge in [0, 0.05) is 10.6 Å². The average Bonchev–Trinajstić information content (AvgIpc) is 2.36. The van der Waals surface area contributed by atoms with Gasteiger partial charge in [0.15, 0.2) is 0 Å². The number of halogens is 1. The van der Waals surface area contributed by atoms with E-state index in [2.05, 4.69) is 31.2 Å². The van der Waals surface area contributed by atoms with Gasteiger partial charge in [0.25, 0.3) is 0 Å². The molecule has 0 aliphatic carbocycles. The normalized spacial score (nSPS) is 10.2. The van der Waals surface area contributed by atoms with Crippen molar-refractivity contribution in [3.63, 3.8) is 0 Å². The maximum absolute atomic E-state index is 5.68. The van der Waals surface area contributed by atoms with E-state index in [-0.39, 0.29) is 0 Å². The molecule has 2 aromatic rings. The molecule has 0 aliphatic heterocycles. The summed E-state index contributed by atoms with van der Waals surface area (Å²) in [5.74, 6) is 1.08. The lowest BCUT2D eigenvalue weighted by Gasteiger charge is -2.08. The highest BCUT2D eigenvalue weighted by atomic mass is 79.9. The predicted molar refractivity (Wildman–Crippen MR) is 75.7 cm³/mol. The Morgan fingerprint density at radius 1 is 1.24 bits per heavy atom. The number of nitrogens with zero attached hydrogens (tertiary/aromatic N) is 2. The highest BCUT2D eigenvalue weighted by molar-refractivity contribution is 9.10. The number of aromatic nitrogens is 2.